The predicted octanol–water partition coefficient (Wildman–Crippen LogP) is 0.403. The van der Waals surface area contributed by atoms with Crippen molar-refractivity contribution in [2.75, 3.05) is 43.2 Å². The van der Waals surface area contributed by atoms with Crippen molar-refractivity contribution in [2.24, 2.45) is 10.8 Å². The van der Waals surface area contributed by atoms with Gasteiger partial charge in [-0.1, -0.05) is 6.07 Å². The second-order valence-corrected chi connectivity index (χ2v) is 7.29. The van der Waals surface area contributed by atoms with E-state index >= 15 is 0 Å². The first-order chi connectivity index (χ1) is 14.3. The molecule has 1 aliphatic rings. The summed E-state index contributed by atoms with van der Waals surface area (Å²) < 4.78 is 10.9. The topological polar surface area (TPSA) is 148 Å². The molecule has 0 spiro atoms. The highest BCUT2D eigenvalue weighted by Crippen LogP contribution is 2.15. The molecule has 2 aromatic rings. The fourth-order valence-corrected chi connectivity index (χ4v) is 2.54. The normalized spacial score (nSPS) is 14.7. The number of primary amides is 1. The van der Waals surface area contributed by atoms with E-state index in [1.54, 1.807) is 38.1 Å². The Labute approximate surface area is 173 Å². The lowest BCUT2D eigenvalue weighted by Crippen LogP contribution is -2.37. The van der Waals surface area contributed by atoms with Gasteiger partial charge in [0.25, 0.3) is 0 Å². The molecule has 4 N–H and O–H groups in total. The number of carbonyl (C=O) groups excluding carboxylic acids is 1. The van der Waals surface area contributed by atoms with Gasteiger partial charge >= 0.3 is 6.01 Å². The molecule has 1 aromatic carbocycles. The number of hydrogen-bond donors (Lipinski definition) is 3. The molecule has 160 valence electrons. The van der Waals surface area contributed by atoms with Crippen molar-refractivity contribution in [1.29, 1.82) is 0 Å². The number of nitrogens with zero attached hydrogens (tertiary/aromatic N) is 5. The first-order valence-electron chi connectivity index (χ1n) is 9.43. The monoisotopic (exact) mass is 415 g/mol. The number of hydrogen-bond acceptors (Lipinski definition) is 10. The molecule has 1 fully saturated rings. The van der Waals surface area contributed by atoms with Crippen LogP contribution in [0.3, 0.4) is 0 Å². The molecule has 3 rings (SSSR count). The highest BCUT2D eigenvalue weighted by Gasteiger charge is 2.19. The lowest BCUT2D eigenvalue weighted by atomic mass is 10.2. The zero-order valence-electron chi connectivity index (χ0n) is 16.9. The summed E-state index contributed by atoms with van der Waals surface area (Å²) in [5.74, 6) is 0.191. The Balaban J connectivity index is 1.78. The maximum atomic E-state index is 11.3. The van der Waals surface area contributed by atoms with Crippen molar-refractivity contribution in [1.82, 2.24) is 15.0 Å². The molecule has 11 heteroatoms. The smallest absolute Gasteiger partial charge is 0.321 e. The molecule has 11 nitrogen and oxygen atoms in total. The number of rotatable bonds is 8. The van der Waals surface area contributed by atoms with Crippen LogP contribution < -0.4 is 20.8 Å². The summed E-state index contributed by atoms with van der Waals surface area (Å²) in [6, 6.07) is 6.73. The van der Waals surface area contributed by atoms with Gasteiger partial charge in [0.2, 0.25) is 11.9 Å². The van der Waals surface area contributed by atoms with Crippen molar-refractivity contribution in [2.45, 2.75) is 19.4 Å². The van der Waals surface area contributed by atoms with Crippen LogP contribution in [0.15, 0.2) is 29.4 Å². The summed E-state index contributed by atoms with van der Waals surface area (Å²) in [7, 11) is 0. The van der Waals surface area contributed by atoms with Crippen molar-refractivity contribution in [3.63, 3.8) is 0 Å². The zero-order chi connectivity index (χ0) is 21.6. The quantitative estimate of drug-likeness (QED) is 0.411. The van der Waals surface area contributed by atoms with Crippen LogP contribution in [0.4, 0.5) is 11.6 Å². The molecule has 0 saturated carbocycles. The average Bonchev–Trinajstić information content (AvgIpc) is 2.72. The first-order valence-corrected chi connectivity index (χ1v) is 9.43. The van der Waals surface area contributed by atoms with Gasteiger partial charge < -0.3 is 25.2 Å². The number of amides is 1. The SMILES string of the molecule is CC(C)(O)COc1nc(/C=N/Nc2cccc(C(N)=O)c2)nc(N2CCOCC2)n1. The number of nitrogens with one attached hydrogen (secondary N) is 1. The Morgan fingerprint density at radius 3 is 2.83 bits per heavy atom. The lowest BCUT2D eigenvalue weighted by Gasteiger charge is -2.27. The highest BCUT2D eigenvalue weighted by molar-refractivity contribution is 5.93. The van der Waals surface area contributed by atoms with Crippen LogP contribution in [-0.2, 0) is 4.74 Å². The Morgan fingerprint density at radius 2 is 2.13 bits per heavy atom. The van der Waals surface area contributed by atoms with Crippen molar-refractivity contribution in [3.8, 4) is 6.01 Å². The fraction of sp³-hybridized carbons (Fsp3) is 0.421. The molecule has 1 saturated heterocycles. The van der Waals surface area contributed by atoms with Gasteiger partial charge in [0.15, 0.2) is 5.82 Å². The van der Waals surface area contributed by atoms with E-state index in [0.717, 1.165) is 0 Å². The molecule has 0 aliphatic carbocycles. The van der Waals surface area contributed by atoms with Gasteiger partial charge in [-0.05, 0) is 32.0 Å². The second kappa shape index (κ2) is 9.46. The molecule has 1 aliphatic heterocycles. The summed E-state index contributed by atoms with van der Waals surface area (Å²) in [4.78, 5) is 26.2. The number of carbonyl (C=O) groups is 1. The summed E-state index contributed by atoms with van der Waals surface area (Å²) in [6.07, 6.45) is 1.42. The molecule has 0 radical (unpaired) electrons. The number of hydrazone groups is 1. The van der Waals surface area contributed by atoms with Gasteiger partial charge in [-0.25, -0.2) is 0 Å². The number of anilines is 2. The van der Waals surface area contributed by atoms with Crippen LogP contribution in [0.1, 0.15) is 30.0 Å². The van der Waals surface area contributed by atoms with Crippen LogP contribution in [0.2, 0.25) is 0 Å². The van der Waals surface area contributed by atoms with E-state index in [4.69, 9.17) is 15.2 Å². The van der Waals surface area contributed by atoms with Crippen molar-refractivity contribution in [3.05, 3.63) is 35.7 Å². The molecule has 2 heterocycles. The summed E-state index contributed by atoms with van der Waals surface area (Å²) in [5, 5.41) is 14.0. The van der Waals surface area contributed by atoms with E-state index in [1.807, 2.05) is 4.90 Å². The molecule has 0 bridgehead atoms. The minimum atomic E-state index is -1.03. The summed E-state index contributed by atoms with van der Waals surface area (Å²) in [5.41, 5.74) is 8.02. The Bertz CT molecular complexity index is 908. The Morgan fingerprint density at radius 1 is 1.37 bits per heavy atom. The van der Waals surface area contributed by atoms with Crippen LogP contribution in [-0.4, -0.2) is 70.7 Å². The van der Waals surface area contributed by atoms with Gasteiger partial charge in [-0.15, -0.1) is 0 Å². The summed E-state index contributed by atoms with van der Waals surface area (Å²) in [6.45, 7) is 5.72. The first kappa shape index (κ1) is 21.4. The van der Waals surface area contributed by atoms with Gasteiger partial charge in [-0.2, -0.15) is 20.1 Å². The van der Waals surface area contributed by atoms with Gasteiger partial charge in [0.1, 0.15) is 6.61 Å². The third-order valence-corrected chi connectivity index (χ3v) is 3.99. The highest BCUT2D eigenvalue weighted by atomic mass is 16.5. The maximum Gasteiger partial charge on any atom is 0.321 e. The Kier molecular flexibility index (Phi) is 6.75. The number of ether oxygens (including phenoxy) is 2. The molecule has 1 aromatic heterocycles. The van der Waals surface area contributed by atoms with Crippen LogP contribution >= 0.6 is 0 Å². The number of benzene rings is 1. The number of aromatic nitrogens is 3. The standard InChI is InChI=1S/C19H25N7O4/c1-19(2,28)12-30-18-23-15(22-17(24-18)26-6-8-29-9-7-26)11-21-25-14-5-3-4-13(10-14)16(20)27/h3-5,10-11,25,28H,6-9,12H2,1-2H3,(H2,20,27)/b21-11+. The predicted molar refractivity (Wildman–Crippen MR) is 111 cm³/mol. The van der Waals surface area contributed by atoms with E-state index in [1.165, 1.54) is 6.21 Å². The molecule has 0 unspecified atom stereocenters. The van der Waals surface area contributed by atoms with Crippen LogP contribution in [0.5, 0.6) is 6.01 Å². The number of morpholine rings is 1. The molecule has 1 amide bonds. The molecule has 30 heavy (non-hydrogen) atoms. The van der Waals surface area contributed by atoms with Crippen molar-refractivity contribution < 1.29 is 19.4 Å². The lowest BCUT2D eigenvalue weighted by molar-refractivity contribution is 0.0249. The van der Waals surface area contributed by atoms with E-state index < -0.39 is 11.5 Å². The minimum Gasteiger partial charge on any atom is -0.460 e. The molecular weight excluding hydrogens is 390 g/mol. The molecular formula is C19H25N7O4. The van der Waals surface area contributed by atoms with Gasteiger partial charge in [0.05, 0.1) is 30.7 Å². The van der Waals surface area contributed by atoms with E-state index in [9.17, 15) is 9.90 Å². The molecule has 0 atom stereocenters. The number of aliphatic hydroxyl groups is 1. The maximum absolute atomic E-state index is 11.3. The second-order valence-electron chi connectivity index (χ2n) is 7.29. The van der Waals surface area contributed by atoms with E-state index in [-0.39, 0.29) is 18.4 Å². The average molecular weight is 415 g/mol. The van der Waals surface area contributed by atoms with E-state index in [2.05, 4.69) is 25.5 Å². The van der Waals surface area contributed by atoms with Gasteiger partial charge in [0, 0.05) is 18.7 Å². The third-order valence-electron chi connectivity index (χ3n) is 3.99. The van der Waals surface area contributed by atoms with Crippen LogP contribution in [0, 0.1) is 0 Å². The van der Waals surface area contributed by atoms with Crippen molar-refractivity contribution >= 4 is 23.8 Å². The van der Waals surface area contributed by atoms with Crippen LogP contribution in [0.25, 0.3) is 0 Å². The minimum absolute atomic E-state index is 0.0221. The van der Waals surface area contributed by atoms with E-state index in [0.29, 0.717) is 43.5 Å². The largest absolute Gasteiger partial charge is 0.460 e. The van der Waals surface area contributed by atoms with Gasteiger partial charge in [-0.3, -0.25) is 10.2 Å². The number of nitrogens with two attached hydrogens (primary N) is 1. The summed E-state index contributed by atoms with van der Waals surface area (Å²) >= 11 is 0. The Hall–Kier alpha value is -3.31. The zero-order valence-corrected chi connectivity index (χ0v) is 16.9. The fourth-order valence-electron chi connectivity index (χ4n) is 2.54. The third kappa shape index (κ3) is 6.36.